The highest BCUT2D eigenvalue weighted by Gasteiger charge is 2.22. The quantitative estimate of drug-likeness (QED) is 0.243. The number of halogens is 1. The van der Waals surface area contributed by atoms with Crippen LogP contribution in [0, 0.1) is 26.0 Å². The molecule has 0 bridgehead atoms. The van der Waals surface area contributed by atoms with Crippen molar-refractivity contribution < 1.29 is 28.5 Å². The Morgan fingerprint density at radius 3 is 2.44 bits per heavy atom. The number of hydrogen-bond acceptors (Lipinski definition) is 8. The van der Waals surface area contributed by atoms with Crippen LogP contribution in [0.1, 0.15) is 10.4 Å². The van der Waals surface area contributed by atoms with Crippen LogP contribution in [0.4, 0.5) is 21.5 Å². The van der Waals surface area contributed by atoms with Crippen LogP contribution < -0.4 is 10.1 Å². The molecule has 0 aliphatic heterocycles. The summed E-state index contributed by atoms with van der Waals surface area (Å²) in [5.74, 6) is -2.54. The molecule has 0 aliphatic carbocycles. The number of nitrogens with one attached hydrogen (secondary N) is 1. The monoisotopic (exact) mass is 379 g/mol. The van der Waals surface area contributed by atoms with Crippen molar-refractivity contribution in [2.45, 2.75) is 0 Å². The van der Waals surface area contributed by atoms with E-state index < -0.39 is 38.8 Å². The topological polar surface area (TPSA) is 134 Å². The fourth-order valence-electron chi connectivity index (χ4n) is 2.13. The molecule has 142 valence electrons. The second kappa shape index (κ2) is 8.67. The van der Waals surface area contributed by atoms with Crippen molar-refractivity contribution in [2.24, 2.45) is 0 Å². The van der Waals surface area contributed by atoms with E-state index in [1.165, 1.54) is 19.2 Å². The summed E-state index contributed by atoms with van der Waals surface area (Å²) in [6.07, 6.45) is 0. The van der Waals surface area contributed by atoms with Gasteiger partial charge < -0.3 is 14.8 Å². The maximum absolute atomic E-state index is 13.3. The second-order valence-electron chi connectivity index (χ2n) is 5.17. The van der Waals surface area contributed by atoms with E-state index in [1.807, 2.05) is 0 Å². The van der Waals surface area contributed by atoms with E-state index in [-0.39, 0.29) is 11.3 Å². The molecule has 0 unspecified atom stereocenters. The number of anilines is 1. The Kier molecular flexibility index (Phi) is 6.33. The van der Waals surface area contributed by atoms with Crippen LogP contribution in [0.3, 0.4) is 0 Å². The predicted molar refractivity (Wildman–Crippen MR) is 91.5 cm³/mol. The number of esters is 1. The zero-order valence-corrected chi connectivity index (χ0v) is 14.0. The summed E-state index contributed by atoms with van der Waals surface area (Å²) in [5.41, 5.74) is -1.07. The Morgan fingerprint density at radius 2 is 1.81 bits per heavy atom. The van der Waals surface area contributed by atoms with E-state index in [4.69, 9.17) is 9.47 Å². The molecule has 2 aromatic carbocycles. The van der Waals surface area contributed by atoms with Gasteiger partial charge in [0.2, 0.25) is 5.75 Å². The van der Waals surface area contributed by atoms with Gasteiger partial charge in [0.05, 0.1) is 22.0 Å². The number of carbonyl (C=O) groups excluding carboxylic acids is 1. The van der Waals surface area contributed by atoms with Gasteiger partial charge in [0.1, 0.15) is 11.5 Å². The zero-order chi connectivity index (χ0) is 20.0. The van der Waals surface area contributed by atoms with Crippen LogP contribution in [0.5, 0.6) is 5.75 Å². The normalized spacial score (nSPS) is 10.3. The van der Waals surface area contributed by atoms with Crippen molar-refractivity contribution in [2.75, 3.05) is 25.6 Å². The van der Waals surface area contributed by atoms with Gasteiger partial charge in [-0.1, -0.05) is 0 Å². The lowest BCUT2D eigenvalue weighted by molar-refractivity contribution is -0.385. The molecule has 0 amide bonds. The Bertz CT molecular complexity index is 888. The molecule has 0 saturated carbocycles. The molecule has 10 nitrogen and oxygen atoms in total. The van der Waals surface area contributed by atoms with Gasteiger partial charge in [0.15, 0.2) is 0 Å². The summed E-state index contributed by atoms with van der Waals surface area (Å²) in [5, 5.41) is 25.0. The molecule has 0 atom stereocenters. The molecule has 0 spiro atoms. The number of nitrogens with zero attached hydrogens (tertiary/aromatic N) is 2. The summed E-state index contributed by atoms with van der Waals surface area (Å²) in [7, 11) is 1.47. The SMILES string of the molecule is COCCNc1ccc(C(=O)Oc2cc(F)ccc2[N+](=O)[O-])cc1[N+](=O)[O-]. The summed E-state index contributed by atoms with van der Waals surface area (Å²) in [6, 6.07) is 5.89. The fourth-order valence-corrected chi connectivity index (χ4v) is 2.13. The van der Waals surface area contributed by atoms with E-state index in [1.54, 1.807) is 0 Å². The number of benzene rings is 2. The first-order valence-corrected chi connectivity index (χ1v) is 7.51. The maximum atomic E-state index is 13.3. The number of nitro benzene ring substituents is 2. The summed E-state index contributed by atoms with van der Waals surface area (Å²) in [6.45, 7) is 0.612. The van der Waals surface area contributed by atoms with Crippen LogP contribution in [-0.2, 0) is 4.74 Å². The Hall–Kier alpha value is -3.60. The summed E-state index contributed by atoms with van der Waals surface area (Å²) < 4.78 is 23.0. The van der Waals surface area contributed by atoms with Gasteiger partial charge in [-0.05, 0) is 18.2 Å². The number of rotatable bonds is 8. The predicted octanol–water partition coefficient (Wildman–Crippen LogP) is 2.92. The first-order valence-electron chi connectivity index (χ1n) is 7.51. The molecule has 27 heavy (non-hydrogen) atoms. The third-order valence-corrected chi connectivity index (χ3v) is 3.37. The van der Waals surface area contributed by atoms with Crippen LogP contribution in [0.15, 0.2) is 36.4 Å². The van der Waals surface area contributed by atoms with E-state index >= 15 is 0 Å². The summed E-state index contributed by atoms with van der Waals surface area (Å²) >= 11 is 0. The molecule has 0 fully saturated rings. The van der Waals surface area contributed by atoms with Crippen molar-refractivity contribution >= 4 is 23.0 Å². The molecule has 1 N–H and O–H groups in total. The standard InChI is InChI=1S/C16H14FN3O7/c1-26-7-6-18-12-4-2-10(8-14(12)20(24)25)16(21)27-15-9-11(17)3-5-13(15)19(22)23/h2-5,8-9,18H,6-7H2,1H3. The highest BCUT2D eigenvalue weighted by Crippen LogP contribution is 2.30. The molecular weight excluding hydrogens is 365 g/mol. The van der Waals surface area contributed by atoms with Gasteiger partial charge in [-0.2, -0.15) is 0 Å². The van der Waals surface area contributed by atoms with Crippen molar-refractivity contribution in [3.63, 3.8) is 0 Å². The highest BCUT2D eigenvalue weighted by atomic mass is 19.1. The molecule has 0 radical (unpaired) electrons. The molecule has 0 saturated heterocycles. The number of methoxy groups -OCH3 is 1. The summed E-state index contributed by atoms with van der Waals surface area (Å²) in [4.78, 5) is 32.8. The number of hydrogen-bond donors (Lipinski definition) is 1. The first kappa shape index (κ1) is 19.7. The first-order chi connectivity index (χ1) is 12.8. The average Bonchev–Trinajstić information content (AvgIpc) is 2.61. The minimum absolute atomic E-state index is 0.158. The van der Waals surface area contributed by atoms with Crippen molar-refractivity contribution in [3.05, 3.63) is 68.0 Å². The molecule has 11 heteroatoms. The van der Waals surface area contributed by atoms with Crippen LogP contribution in [-0.4, -0.2) is 36.1 Å². The molecule has 0 aromatic heterocycles. The lowest BCUT2D eigenvalue weighted by Gasteiger charge is -2.09. The molecule has 0 heterocycles. The maximum Gasteiger partial charge on any atom is 0.344 e. The van der Waals surface area contributed by atoms with Crippen LogP contribution in [0.2, 0.25) is 0 Å². The van der Waals surface area contributed by atoms with Crippen LogP contribution >= 0.6 is 0 Å². The van der Waals surface area contributed by atoms with Crippen molar-refractivity contribution in [1.29, 1.82) is 0 Å². The van der Waals surface area contributed by atoms with Crippen LogP contribution in [0.25, 0.3) is 0 Å². The third kappa shape index (κ3) is 4.95. The second-order valence-corrected chi connectivity index (χ2v) is 5.17. The van der Waals surface area contributed by atoms with Gasteiger partial charge in [-0.3, -0.25) is 20.2 Å². The van der Waals surface area contributed by atoms with Crippen molar-refractivity contribution in [1.82, 2.24) is 0 Å². The Balaban J connectivity index is 2.29. The zero-order valence-electron chi connectivity index (χ0n) is 14.0. The Morgan fingerprint density at radius 1 is 1.11 bits per heavy atom. The smallest absolute Gasteiger partial charge is 0.344 e. The van der Waals surface area contributed by atoms with Gasteiger partial charge >= 0.3 is 11.7 Å². The minimum atomic E-state index is -1.10. The van der Waals surface area contributed by atoms with Crippen molar-refractivity contribution in [3.8, 4) is 5.75 Å². The van der Waals surface area contributed by atoms with E-state index in [2.05, 4.69) is 5.32 Å². The van der Waals surface area contributed by atoms with Gasteiger partial charge in [-0.15, -0.1) is 0 Å². The lowest BCUT2D eigenvalue weighted by Crippen LogP contribution is -2.12. The van der Waals surface area contributed by atoms with Gasteiger partial charge in [-0.25, -0.2) is 9.18 Å². The molecule has 2 rings (SSSR count). The molecule has 2 aromatic rings. The van der Waals surface area contributed by atoms with E-state index in [0.29, 0.717) is 19.2 Å². The Labute approximate surface area is 151 Å². The largest absolute Gasteiger partial charge is 0.415 e. The lowest BCUT2D eigenvalue weighted by atomic mass is 10.1. The number of carbonyl (C=O) groups is 1. The highest BCUT2D eigenvalue weighted by molar-refractivity contribution is 5.93. The number of ether oxygens (including phenoxy) is 2. The molecule has 0 aliphatic rings. The van der Waals surface area contributed by atoms with Gasteiger partial charge in [0, 0.05) is 31.9 Å². The third-order valence-electron chi connectivity index (χ3n) is 3.37. The average molecular weight is 379 g/mol. The van der Waals surface area contributed by atoms with Gasteiger partial charge in [0.25, 0.3) is 5.69 Å². The van der Waals surface area contributed by atoms with E-state index in [9.17, 15) is 29.4 Å². The van der Waals surface area contributed by atoms with E-state index in [0.717, 1.165) is 18.2 Å². The minimum Gasteiger partial charge on any atom is -0.415 e. The fraction of sp³-hybridized carbons (Fsp3) is 0.188. The number of nitro groups is 2. The molecular formula is C16H14FN3O7.